The van der Waals surface area contributed by atoms with Gasteiger partial charge >= 0.3 is 0 Å². The van der Waals surface area contributed by atoms with E-state index in [1.165, 1.54) is 12.8 Å². The van der Waals surface area contributed by atoms with E-state index in [1.54, 1.807) is 0 Å². The molecule has 2 aliphatic rings. The Kier molecular flexibility index (Phi) is 5.06. The molecule has 2 unspecified atom stereocenters. The van der Waals surface area contributed by atoms with Crippen LogP contribution < -0.4 is 5.73 Å². The minimum Gasteiger partial charge on any atom is -0.340 e. The van der Waals surface area contributed by atoms with Gasteiger partial charge in [-0.25, -0.2) is 0 Å². The highest BCUT2D eigenvalue weighted by Gasteiger charge is 2.32. The number of hydrogen-bond acceptors (Lipinski definition) is 2. The van der Waals surface area contributed by atoms with Crippen LogP contribution in [-0.2, 0) is 4.79 Å². The van der Waals surface area contributed by atoms with Gasteiger partial charge in [-0.1, -0.05) is 12.8 Å². The fourth-order valence-electron chi connectivity index (χ4n) is 2.54. The van der Waals surface area contributed by atoms with Crippen LogP contribution >= 0.6 is 12.4 Å². The van der Waals surface area contributed by atoms with Crippen molar-refractivity contribution in [3.05, 3.63) is 0 Å². The Morgan fingerprint density at radius 2 is 2.06 bits per heavy atom. The maximum Gasteiger partial charge on any atom is 0.222 e. The highest BCUT2D eigenvalue weighted by molar-refractivity contribution is 5.85. The Morgan fingerprint density at radius 1 is 1.38 bits per heavy atom. The molecule has 0 spiro atoms. The number of likely N-dealkylation sites (tertiary alicyclic amines) is 1. The van der Waals surface area contributed by atoms with Crippen LogP contribution in [0.15, 0.2) is 0 Å². The maximum absolute atomic E-state index is 11.9. The van der Waals surface area contributed by atoms with E-state index in [9.17, 15) is 4.79 Å². The van der Waals surface area contributed by atoms with Crippen molar-refractivity contribution in [3.8, 4) is 0 Å². The Labute approximate surface area is 104 Å². The first kappa shape index (κ1) is 13.8. The Balaban J connectivity index is 0.00000128. The Hall–Kier alpha value is -0.280. The van der Waals surface area contributed by atoms with Gasteiger partial charge in [-0.05, 0) is 38.1 Å². The van der Waals surface area contributed by atoms with Gasteiger partial charge in [-0.15, -0.1) is 12.4 Å². The van der Waals surface area contributed by atoms with Gasteiger partial charge in [0, 0.05) is 19.0 Å². The molecule has 1 amide bonds. The van der Waals surface area contributed by atoms with Gasteiger partial charge in [0.2, 0.25) is 5.91 Å². The number of carbonyl (C=O) groups excluding carboxylic acids is 1. The van der Waals surface area contributed by atoms with E-state index >= 15 is 0 Å². The number of rotatable bonds is 4. The van der Waals surface area contributed by atoms with Gasteiger partial charge in [-0.2, -0.15) is 0 Å². The number of halogens is 1. The molecule has 1 aliphatic carbocycles. The second-order valence-electron chi connectivity index (χ2n) is 5.21. The van der Waals surface area contributed by atoms with Gasteiger partial charge in [0.15, 0.2) is 0 Å². The largest absolute Gasteiger partial charge is 0.340 e. The molecule has 1 heterocycles. The molecule has 2 rings (SSSR count). The molecular formula is C12H23ClN2O. The summed E-state index contributed by atoms with van der Waals surface area (Å²) in [6, 6.07) is 0.408. The van der Waals surface area contributed by atoms with E-state index < -0.39 is 0 Å². The highest BCUT2D eigenvalue weighted by Crippen LogP contribution is 2.34. The van der Waals surface area contributed by atoms with Gasteiger partial charge in [0.25, 0.3) is 0 Å². The van der Waals surface area contributed by atoms with Crippen molar-refractivity contribution in [2.75, 3.05) is 13.1 Å². The Morgan fingerprint density at radius 3 is 2.56 bits per heavy atom. The lowest BCUT2D eigenvalue weighted by Crippen LogP contribution is -2.34. The van der Waals surface area contributed by atoms with E-state index in [1.807, 2.05) is 4.90 Å². The van der Waals surface area contributed by atoms with Crippen molar-refractivity contribution in [1.29, 1.82) is 0 Å². The summed E-state index contributed by atoms with van der Waals surface area (Å²) in [6.45, 7) is 3.75. The number of amides is 1. The van der Waals surface area contributed by atoms with E-state index in [0.717, 1.165) is 38.3 Å². The third kappa shape index (κ3) is 3.36. The number of nitrogens with zero attached hydrogens (tertiary/aromatic N) is 1. The van der Waals surface area contributed by atoms with E-state index in [2.05, 4.69) is 6.92 Å². The summed E-state index contributed by atoms with van der Waals surface area (Å²) in [7, 11) is 0. The molecule has 0 aromatic carbocycles. The summed E-state index contributed by atoms with van der Waals surface area (Å²) in [5.41, 5.74) is 5.65. The average molecular weight is 247 g/mol. The number of hydrogen-bond donors (Lipinski definition) is 1. The van der Waals surface area contributed by atoms with Crippen LogP contribution in [0.5, 0.6) is 0 Å². The molecule has 1 saturated heterocycles. The molecule has 1 aliphatic heterocycles. The lowest BCUT2D eigenvalue weighted by Gasteiger charge is -2.21. The molecule has 2 N–H and O–H groups in total. The zero-order valence-corrected chi connectivity index (χ0v) is 10.8. The van der Waals surface area contributed by atoms with Crippen molar-refractivity contribution in [2.45, 2.75) is 45.1 Å². The Bertz CT molecular complexity index is 243. The quantitative estimate of drug-likeness (QED) is 0.822. The van der Waals surface area contributed by atoms with Crippen LogP contribution in [0.1, 0.15) is 39.0 Å². The van der Waals surface area contributed by atoms with Gasteiger partial charge in [0.1, 0.15) is 0 Å². The number of nitrogens with two attached hydrogens (primary N) is 1. The minimum atomic E-state index is 0. The minimum absolute atomic E-state index is 0. The fraction of sp³-hybridized carbons (Fsp3) is 0.917. The molecule has 0 bridgehead atoms. The second kappa shape index (κ2) is 5.87. The van der Waals surface area contributed by atoms with Gasteiger partial charge in [-0.3, -0.25) is 4.79 Å². The van der Waals surface area contributed by atoms with E-state index in [-0.39, 0.29) is 12.4 Å². The summed E-state index contributed by atoms with van der Waals surface area (Å²) in [6.07, 6.45) is 5.63. The predicted molar refractivity (Wildman–Crippen MR) is 67.5 cm³/mol. The summed E-state index contributed by atoms with van der Waals surface area (Å²) < 4.78 is 0. The molecule has 2 atom stereocenters. The van der Waals surface area contributed by atoms with Gasteiger partial charge < -0.3 is 10.6 Å². The molecule has 2 fully saturated rings. The van der Waals surface area contributed by atoms with Crippen molar-refractivity contribution < 1.29 is 4.79 Å². The average Bonchev–Trinajstić information content (AvgIpc) is 2.97. The maximum atomic E-state index is 11.9. The molecule has 1 saturated carbocycles. The van der Waals surface area contributed by atoms with Crippen molar-refractivity contribution in [1.82, 2.24) is 4.90 Å². The molecule has 0 radical (unpaired) electrons. The van der Waals surface area contributed by atoms with Crippen LogP contribution in [0.25, 0.3) is 0 Å². The van der Waals surface area contributed by atoms with Crippen LogP contribution in [0, 0.1) is 11.8 Å². The third-order valence-corrected chi connectivity index (χ3v) is 3.78. The summed E-state index contributed by atoms with van der Waals surface area (Å²) in [5.74, 6) is 1.74. The first-order chi connectivity index (χ1) is 7.20. The normalized spacial score (nSPS) is 29.0. The van der Waals surface area contributed by atoms with Crippen molar-refractivity contribution in [2.24, 2.45) is 17.6 Å². The molecule has 3 nitrogen and oxygen atoms in total. The van der Waals surface area contributed by atoms with E-state index in [0.29, 0.717) is 17.9 Å². The SMILES string of the molecule is CC1CC(CN)CN1C(=O)CCC1CC1.Cl. The molecule has 4 heteroatoms. The van der Waals surface area contributed by atoms with Crippen molar-refractivity contribution in [3.63, 3.8) is 0 Å². The van der Waals surface area contributed by atoms with Crippen LogP contribution in [-0.4, -0.2) is 29.9 Å². The summed E-state index contributed by atoms with van der Waals surface area (Å²) in [5, 5.41) is 0. The molecule has 16 heavy (non-hydrogen) atoms. The van der Waals surface area contributed by atoms with Gasteiger partial charge in [0.05, 0.1) is 0 Å². The topological polar surface area (TPSA) is 46.3 Å². The molecule has 0 aromatic rings. The van der Waals surface area contributed by atoms with Crippen LogP contribution in [0.2, 0.25) is 0 Å². The zero-order chi connectivity index (χ0) is 10.8. The first-order valence-corrected chi connectivity index (χ1v) is 6.20. The summed E-state index contributed by atoms with van der Waals surface area (Å²) >= 11 is 0. The monoisotopic (exact) mass is 246 g/mol. The highest BCUT2D eigenvalue weighted by atomic mass is 35.5. The van der Waals surface area contributed by atoms with E-state index in [4.69, 9.17) is 5.73 Å². The van der Waals surface area contributed by atoms with Crippen LogP contribution in [0.4, 0.5) is 0 Å². The predicted octanol–water partition coefficient (Wildman–Crippen LogP) is 1.79. The lowest BCUT2D eigenvalue weighted by molar-refractivity contribution is -0.132. The standard InChI is InChI=1S/C12H22N2O.ClH/c1-9-6-11(7-13)8-14(9)12(15)5-4-10-2-3-10;/h9-11H,2-8,13H2,1H3;1H. The zero-order valence-electron chi connectivity index (χ0n) is 10.0. The second-order valence-corrected chi connectivity index (χ2v) is 5.21. The fourth-order valence-corrected chi connectivity index (χ4v) is 2.54. The number of carbonyl (C=O) groups is 1. The molecule has 0 aromatic heterocycles. The molecular weight excluding hydrogens is 224 g/mol. The summed E-state index contributed by atoms with van der Waals surface area (Å²) in [4.78, 5) is 14.0. The first-order valence-electron chi connectivity index (χ1n) is 6.20. The van der Waals surface area contributed by atoms with Crippen LogP contribution in [0.3, 0.4) is 0 Å². The lowest BCUT2D eigenvalue weighted by atomic mass is 10.1. The van der Waals surface area contributed by atoms with Crippen molar-refractivity contribution >= 4 is 18.3 Å². The smallest absolute Gasteiger partial charge is 0.222 e. The third-order valence-electron chi connectivity index (χ3n) is 3.78. The molecule has 94 valence electrons.